The smallest absolute Gasteiger partial charge is 0.344 e. The van der Waals surface area contributed by atoms with Gasteiger partial charge in [0.1, 0.15) is 5.58 Å². The Hall–Kier alpha value is -2.59. The van der Waals surface area contributed by atoms with Crippen molar-refractivity contribution in [1.82, 2.24) is 0 Å². The number of rotatable bonds is 2. The Morgan fingerprint density at radius 2 is 1.86 bits per heavy atom. The fourth-order valence-electron chi connectivity index (χ4n) is 2.15. The number of halogens is 1. The first-order chi connectivity index (χ1) is 10.1. The summed E-state index contributed by atoms with van der Waals surface area (Å²) in [7, 11) is 0. The van der Waals surface area contributed by atoms with Crippen LogP contribution in [0.2, 0.25) is 5.02 Å². The molecule has 4 nitrogen and oxygen atoms in total. The molecule has 0 fully saturated rings. The van der Waals surface area contributed by atoms with E-state index in [2.05, 4.69) is 0 Å². The summed E-state index contributed by atoms with van der Waals surface area (Å²) in [6.07, 6.45) is 0. The number of primary amides is 1. The van der Waals surface area contributed by atoms with Crippen molar-refractivity contribution in [3.8, 4) is 11.1 Å². The monoisotopic (exact) mass is 299 g/mol. The second-order valence-electron chi connectivity index (χ2n) is 4.54. The van der Waals surface area contributed by atoms with Gasteiger partial charge in [-0.05, 0) is 29.8 Å². The Bertz CT molecular complexity index is 915. The summed E-state index contributed by atoms with van der Waals surface area (Å²) in [4.78, 5) is 23.2. The molecule has 0 saturated carbocycles. The van der Waals surface area contributed by atoms with E-state index in [1.807, 2.05) is 12.1 Å². The third-order valence-corrected chi connectivity index (χ3v) is 3.50. The zero-order valence-electron chi connectivity index (χ0n) is 10.8. The number of carbonyl (C=O) groups is 1. The van der Waals surface area contributed by atoms with Crippen molar-refractivity contribution in [2.45, 2.75) is 0 Å². The van der Waals surface area contributed by atoms with Gasteiger partial charge in [0.15, 0.2) is 0 Å². The first kappa shape index (κ1) is 13.4. The van der Waals surface area contributed by atoms with Crippen LogP contribution in [0.5, 0.6) is 0 Å². The molecule has 3 aromatic rings. The highest BCUT2D eigenvalue weighted by Gasteiger charge is 2.12. The van der Waals surface area contributed by atoms with E-state index in [0.717, 1.165) is 5.39 Å². The Labute approximate surface area is 124 Å². The summed E-state index contributed by atoms with van der Waals surface area (Å²) in [5.41, 5.74) is 6.43. The molecule has 0 atom stereocenters. The summed E-state index contributed by atoms with van der Waals surface area (Å²) in [6.45, 7) is 0. The quantitative estimate of drug-likeness (QED) is 0.738. The summed E-state index contributed by atoms with van der Waals surface area (Å²) < 4.78 is 5.27. The molecule has 2 N–H and O–H groups in total. The summed E-state index contributed by atoms with van der Waals surface area (Å²) in [5, 5.41) is 1.01. The molecule has 1 amide bonds. The van der Waals surface area contributed by atoms with Crippen molar-refractivity contribution in [3.63, 3.8) is 0 Å². The minimum absolute atomic E-state index is 0.201. The number of hydrogen-bond acceptors (Lipinski definition) is 3. The van der Waals surface area contributed by atoms with Gasteiger partial charge in [-0.1, -0.05) is 35.9 Å². The van der Waals surface area contributed by atoms with E-state index in [0.29, 0.717) is 16.7 Å². The van der Waals surface area contributed by atoms with Crippen LogP contribution in [0, 0.1) is 0 Å². The molecule has 0 saturated heterocycles. The number of hydrogen-bond donors (Lipinski definition) is 1. The number of carbonyl (C=O) groups excluding carboxylic acids is 1. The van der Waals surface area contributed by atoms with Gasteiger partial charge in [-0.2, -0.15) is 0 Å². The van der Waals surface area contributed by atoms with Crippen LogP contribution in [0.4, 0.5) is 0 Å². The van der Waals surface area contributed by atoms with Crippen LogP contribution in [0.3, 0.4) is 0 Å². The normalized spacial score (nSPS) is 10.7. The molecular formula is C16H10ClNO3. The Morgan fingerprint density at radius 3 is 2.57 bits per heavy atom. The Balaban J connectivity index is 2.20. The maximum absolute atomic E-state index is 12.1. The average molecular weight is 300 g/mol. The van der Waals surface area contributed by atoms with Crippen LogP contribution in [-0.4, -0.2) is 5.91 Å². The summed E-state index contributed by atoms with van der Waals surface area (Å²) in [6, 6.07) is 13.6. The van der Waals surface area contributed by atoms with Gasteiger partial charge in [0.05, 0.1) is 16.1 Å². The molecule has 2 aromatic carbocycles. The maximum Gasteiger partial charge on any atom is 0.344 e. The minimum atomic E-state index is -0.614. The van der Waals surface area contributed by atoms with Gasteiger partial charge in [0.25, 0.3) is 0 Å². The van der Waals surface area contributed by atoms with Crippen molar-refractivity contribution in [2.24, 2.45) is 5.73 Å². The van der Waals surface area contributed by atoms with Crippen LogP contribution in [-0.2, 0) is 0 Å². The van der Waals surface area contributed by atoms with E-state index in [9.17, 15) is 9.59 Å². The first-order valence-corrected chi connectivity index (χ1v) is 6.56. The molecule has 1 aromatic heterocycles. The number of amides is 1. The number of benzene rings is 2. The third-order valence-electron chi connectivity index (χ3n) is 3.19. The summed E-state index contributed by atoms with van der Waals surface area (Å²) in [5.74, 6) is -0.614. The number of fused-ring (bicyclic) bond motifs is 1. The van der Waals surface area contributed by atoms with E-state index in [4.69, 9.17) is 21.8 Å². The van der Waals surface area contributed by atoms with Crippen LogP contribution >= 0.6 is 11.6 Å². The fraction of sp³-hybridized carbons (Fsp3) is 0. The second kappa shape index (κ2) is 5.07. The lowest BCUT2D eigenvalue weighted by atomic mass is 10.0. The van der Waals surface area contributed by atoms with E-state index < -0.39 is 11.5 Å². The molecule has 0 spiro atoms. The zero-order valence-corrected chi connectivity index (χ0v) is 11.6. The van der Waals surface area contributed by atoms with Crippen molar-refractivity contribution < 1.29 is 9.21 Å². The molecule has 1 heterocycles. The highest BCUT2D eigenvalue weighted by atomic mass is 35.5. The van der Waals surface area contributed by atoms with E-state index in [1.165, 1.54) is 12.1 Å². The van der Waals surface area contributed by atoms with E-state index in [1.54, 1.807) is 24.3 Å². The Morgan fingerprint density at radius 1 is 1.10 bits per heavy atom. The molecule has 3 rings (SSSR count). The van der Waals surface area contributed by atoms with Crippen molar-refractivity contribution in [3.05, 3.63) is 69.5 Å². The van der Waals surface area contributed by atoms with Gasteiger partial charge in [0.2, 0.25) is 5.91 Å². The highest BCUT2D eigenvalue weighted by molar-refractivity contribution is 6.34. The van der Waals surface area contributed by atoms with Crippen LogP contribution in [0.1, 0.15) is 10.4 Å². The topological polar surface area (TPSA) is 73.3 Å². The highest BCUT2D eigenvalue weighted by Crippen LogP contribution is 2.25. The predicted octanol–water partition coefficient (Wildman–Crippen LogP) is 3.21. The maximum atomic E-state index is 12.1. The fourth-order valence-corrected chi connectivity index (χ4v) is 2.42. The lowest BCUT2D eigenvalue weighted by Gasteiger charge is -2.05. The predicted molar refractivity (Wildman–Crippen MR) is 81.4 cm³/mol. The molecule has 21 heavy (non-hydrogen) atoms. The van der Waals surface area contributed by atoms with E-state index >= 15 is 0 Å². The van der Waals surface area contributed by atoms with Gasteiger partial charge in [0, 0.05) is 5.39 Å². The Kier molecular flexibility index (Phi) is 3.23. The molecule has 0 aliphatic rings. The van der Waals surface area contributed by atoms with Crippen molar-refractivity contribution in [2.75, 3.05) is 0 Å². The van der Waals surface area contributed by atoms with Crippen LogP contribution in [0.25, 0.3) is 22.1 Å². The van der Waals surface area contributed by atoms with Crippen LogP contribution in [0.15, 0.2) is 57.7 Å². The standard InChI is InChI=1S/C16H10ClNO3/c17-13-8-9(5-6-11(13)15(18)19)12-7-10-3-1-2-4-14(10)21-16(12)20/h1-8H,(H2,18,19). The van der Waals surface area contributed by atoms with Crippen molar-refractivity contribution >= 4 is 28.5 Å². The van der Waals surface area contributed by atoms with Gasteiger partial charge in [-0.3, -0.25) is 4.79 Å². The second-order valence-corrected chi connectivity index (χ2v) is 4.95. The SMILES string of the molecule is NC(=O)c1ccc(-c2cc3ccccc3oc2=O)cc1Cl. The summed E-state index contributed by atoms with van der Waals surface area (Å²) >= 11 is 6.01. The molecule has 0 aliphatic heterocycles. The van der Waals surface area contributed by atoms with E-state index in [-0.39, 0.29) is 10.6 Å². The van der Waals surface area contributed by atoms with Gasteiger partial charge < -0.3 is 10.2 Å². The lowest BCUT2D eigenvalue weighted by Crippen LogP contribution is -2.11. The van der Waals surface area contributed by atoms with Gasteiger partial charge >= 0.3 is 5.63 Å². The zero-order chi connectivity index (χ0) is 15.0. The largest absolute Gasteiger partial charge is 0.422 e. The number of nitrogens with two attached hydrogens (primary N) is 1. The third kappa shape index (κ3) is 2.41. The van der Waals surface area contributed by atoms with Crippen LogP contribution < -0.4 is 11.4 Å². The number of para-hydroxylation sites is 1. The minimum Gasteiger partial charge on any atom is -0.422 e. The average Bonchev–Trinajstić information content (AvgIpc) is 2.46. The molecule has 0 aliphatic carbocycles. The molecule has 0 radical (unpaired) electrons. The molecular weight excluding hydrogens is 290 g/mol. The molecule has 104 valence electrons. The van der Waals surface area contributed by atoms with Crippen molar-refractivity contribution in [1.29, 1.82) is 0 Å². The molecule has 0 unspecified atom stereocenters. The lowest BCUT2D eigenvalue weighted by molar-refractivity contribution is 0.100. The first-order valence-electron chi connectivity index (χ1n) is 6.19. The molecule has 5 heteroatoms. The molecule has 0 bridgehead atoms. The van der Waals surface area contributed by atoms with Gasteiger partial charge in [-0.15, -0.1) is 0 Å². The van der Waals surface area contributed by atoms with Gasteiger partial charge in [-0.25, -0.2) is 4.79 Å².